The van der Waals surface area contributed by atoms with Gasteiger partial charge in [0.1, 0.15) is 10.6 Å². The average Bonchev–Trinajstić information content (AvgIpc) is 2.38. The molecule has 0 fully saturated rings. The van der Waals surface area contributed by atoms with Gasteiger partial charge in [-0.15, -0.1) is 0 Å². The molecule has 0 spiro atoms. The van der Waals surface area contributed by atoms with Crippen LogP contribution in [0.4, 0.5) is 5.69 Å². The SMILES string of the molecule is COCC(NS(=O)(=O)c1cc(N)ccc1OC)C(C)C. The summed E-state index contributed by atoms with van der Waals surface area (Å²) in [6, 6.07) is 4.18. The van der Waals surface area contributed by atoms with Crippen LogP contribution in [0.25, 0.3) is 0 Å². The van der Waals surface area contributed by atoms with Crippen LogP contribution in [0.2, 0.25) is 0 Å². The Bertz CT molecular complexity index is 543. The molecule has 0 heterocycles. The Morgan fingerprint density at radius 2 is 1.95 bits per heavy atom. The molecule has 0 saturated carbocycles. The Morgan fingerprint density at radius 1 is 1.30 bits per heavy atom. The van der Waals surface area contributed by atoms with E-state index in [0.717, 1.165) is 0 Å². The highest BCUT2D eigenvalue weighted by atomic mass is 32.2. The van der Waals surface area contributed by atoms with Crippen molar-refractivity contribution in [3.63, 3.8) is 0 Å². The maximum atomic E-state index is 12.5. The Morgan fingerprint density at radius 3 is 2.45 bits per heavy atom. The predicted molar refractivity (Wildman–Crippen MR) is 78.2 cm³/mol. The number of nitrogens with two attached hydrogens (primary N) is 1. The van der Waals surface area contributed by atoms with E-state index >= 15 is 0 Å². The first kappa shape index (κ1) is 16.7. The first-order valence-electron chi connectivity index (χ1n) is 6.26. The lowest BCUT2D eigenvalue weighted by Crippen LogP contribution is -2.41. The molecule has 0 radical (unpaired) electrons. The van der Waals surface area contributed by atoms with Gasteiger partial charge in [0.05, 0.1) is 13.7 Å². The Kier molecular flexibility index (Phi) is 5.79. The monoisotopic (exact) mass is 302 g/mol. The van der Waals surface area contributed by atoms with Crippen LogP contribution in [-0.2, 0) is 14.8 Å². The lowest BCUT2D eigenvalue weighted by Gasteiger charge is -2.22. The quantitative estimate of drug-likeness (QED) is 0.739. The summed E-state index contributed by atoms with van der Waals surface area (Å²) in [5.41, 5.74) is 6.02. The van der Waals surface area contributed by atoms with Crippen molar-refractivity contribution in [1.82, 2.24) is 4.72 Å². The third-order valence-corrected chi connectivity index (χ3v) is 4.45. The van der Waals surface area contributed by atoms with Crippen LogP contribution >= 0.6 is 0 Å². The fraction of sp³-hybridized carbons (Fsp3) is 0.538. The second-order valence-corrected chi connectivity index (χ2v) is 6.52. The number of rotatable bonds is 7. The van der Waals surface area contributed by atoms with Crippen molar-refractivity contribution in [2.75, 3.05) is 26.6 Å². The summed E-state index contributed by atoms with van der Waals surface area (Å²) in [6.07, 6.45) is 0. The normalized spacial score (nSPS) is 13.4. The molecule has 0 aromatic heterocycles. The number of sulfonamides is 1. The molecule has 0 saturated heterocycles. The molecule has 1 aromatic rings. The van der Waals surface area contributed by atoms with Crippen LogP contribution < -0.4 is 15.2 Å². The minimum absolute atomic E-state index is 0.0294. The van der Waals surface area contributed by atoms with Gasteiger partial charge >= 0.3 is 0 Å². The molecular weight excluding hydrogens is 280 g/mol. The minimum Gasteiger partial charge on any atom is -0.495 e. The van der Waals surface area contributed by atoms with Gasteiger partial charge in [0.15, 0.2) is 0 Å². The molecule has 1 rings (SSSR count). The van der Waals surface area contributed by atoms with Crippen molar-refractivity contribution in [3.8, 4) is 5.75 Å². The molecule has 0 aliphatic carbocycles. The topological polar surface area (TPSA) is 90.7 Å². The molecule has 7 heteroatoms. The maximum absolute atomic E-state index is 12.5. The highest BCUT2D eigenvalue weighted by molar-refractivity contribution is 7.89. The lowest BCUT2D eigenvalue weighted by atomic mass is 10.1. The highest BCUT2D eigenvalue weighted by Crippen LogP contribution is 2.26. The van der Waals surface area contributed by atoms with Crippen LogP contribution in [-0.4, -0.2) is 35.3 Å². The Hall–Kier alpha value is -1.31. The molecule has 0 aliphatic heterocycles. The molecule has 0 amide bonds. The summed E-state index contributed by atoms with van der Waals surface area (Å²) in [5.74, 6) is 0.350. The van der Waals surface area contributed by atoms with Crippen LogP contribution in [0, 0.1) is 5.92 Å². The van der Waals surface area contributed by atoms with E-state index in [4.69, 9.17) is 15.2 Å². The van der Waals surface area contributed by atoms with Crippen LogP contribution in [0.3, 0.4) is 0 Å². The largest absolute Gasteiger partial charge is 0.495 e. The molecule has 114 valence electrons. The predicted octanol–water partition coefficient (Wildman–Crippen LogP) is 1.23. The van der Waals surface area contributed by atoms with Gasteiger partial charge in [0.2, 0.25) is 10.0 Å². The number of hydrogen-bond donors (Lipinski definition) is 2. The van der Waals surface area contributed by atoms with E-state index in [2.05, 4.69) is 4.72 Å². The summed E-state index contributed by atoms with van der Waals surface area (Å²) < 4.78 is 37.7. The van der Waals surface area contributed by atoms with Gasteiger partial charge in [0, 0.05) is 18.8 Å². The number of ether oxygens (including phenoxy) is 2. The summed E-state index contributed by atoms with van der Waals surface area (Å²) in [6.45, 7) is 4.13. The standard InChI is InChI=1S/C13H22N2O4S/c1-9(2)11(8-18-3)15-20(16,17)13-7-10(14)5-6-12(13)19-4/h5-7,9,11,15H,8,14H2,1-4H3. The van der Waals surface area contributed by atoms with E-state index in [1.165, 1.54) is 26.4 Å². The summed E-state index contributed by atoms with van der Waals surface area (Å²) in [5, 5.41) is 0. The number of methoxy groups -OCH3 is 2. The van der Waals surface area contributed by atoms with Gasteiger partial charge in [0.25, 0.3) is 0 Å². The smallest absolute Gasteiger partial charge is 0.244 e. The Balaban J connectivity index is 3.13. The molecule has 1 unspecified atom stereocenters. The molecule has 1 aromatic carbocycles. The first-order chi connectivity index (χ1) is 9.31. The number of hydrogen-bond acceptors (Lipinski definition) is 5. The highest BCUT2D eigenvalue weighted by Gasteiger charge is 2.25. The van der Waals surface area contributed by atoms with Gasteiger partial charge in [-0.1, -0.05) is 13.8 Å². The molecule has 0 aliphatic rings. The maximum Gasteiger partial charge on any atom is 0.244 e. The minimum atomic E-state index is -3.73. The number of nitrogens with one attached hydrogen (secondary N) is 1. The van der Waals surface area contributed by atoms with E-state index in [0.29, 0.717) is 12.3 Å². The Labute approximate surface area is 120 Å². The van der Waals surface area contributed by atoms with Gasteiger partial charge < -0.3 is 15.2 Å². The van der Waals surface area contributed by atoms with E-state index in [1.54, 1.807) is 6.07 Å². The van der Waals surface area contributed by atoms with Crippen molar-refractivity contribution < 1.29 is 17.9 Å². The number of nitrogen functional groups attached to an aromatic ring is 1. The zero-order valence-electron chi connectivity index (χ0n) is 12.2. The molecule has 1 atom stereocenters. The first-order valence-corrected chi connectivity index (χ1v) is 7.75. The average molecular weight is 302 g/mol. The molecule has 20 heavy (non-hydrogen) atoms. The third kappa shape index (κ3) is 4.09. The van der Waals surface area contributed by atoms with Gasteiger partial charge in [-0.2, -0.15) is 0 Å². The van der Waals surface area contributed by atoms with Gasteiger partial charge in [-0.05, 0) is 24.1 Å². The van der Waals surface area contributed by atoms with Crippen molar-refractivity contribution >= 4 is 15.7 Å². The van der Waals surface area contributed by atoms with Gasteiger partial charge in [-0.3, -0.25) is 0 Å². The van der Waals surface area contributed by atoms with Crippen LogP contribution in [0.15, 0.2) is 23.1 Å². The van der Waals surface area contributed by atoms with E-state index in [1.807, 2.05) is 13.8 Å². The number of benzene rings is 1. The van der Waals surface area contributed by atoms with E-state index in [9.17, 15) is 8.42 Å². The lowest BCUT2D eigenvalue weighted by molar-refractivity contribution is 0.157. The van der Waals surface area contributed by atoms with E-state index < -0.39 is 10.0 Å². The van der Waals surface area contributed by atoms with Crippen molar-refractivity contribution in [2.24, 2.45) is 5.92 Å². The zero-order valence-corrected chi connectivity index (χ0v) is 13.0. The van der Waals surface area contributed by atoms with Crippen molar-refractivity contribution in [3.05, 3.63) is 18.2 Å². The van der Waals surface area contributed by atoms with Crippen molar-refractivity contribution in [2.45, 2.75) is 24.8 Å². The summed E-state index contributed by atoms with van der Waals surface area (Å²) in [7, 11) is -0.778. The van der Waals surface area contributed by atoms with Crippen LogP contribution in [0.1, 0.15) is 13.8 Å². The molecule has 3 N–H and O–H groups in total. The number of anilines is 1. The van der Waals surface area contributed by atoms with Crippen LogP contribution in [0.5, 0.6) is 5.75 Å². The molecule has 0 bridgehead atoms. The fourth-order valence-corrected chi connectivity index (χ4v) is 3.28. The van der Waals surface area contributed by atoms with Gasteiger partial charge in [-0.25, -0.2) is 13.1 Å². The molecular formula is C13H22N2O4S. The fourth-order valence-electron chi connectivity index (χ4n) is 1.71. The third-order valence-electron chi connectivity index (χ3n) is 2.93. The zero-order chi connectivity index (χ0) is 15.3. The second kappa shape index (κ2) is 6.92. The summed E-state index contributed by atoms with van der Waals surface area (Å²) >= 11 is 0. The van der Waals surface area contributed by atoms with E-state index in [-0.39, 0.29) is 22.6 Å². The second-order valence-electron chi connectivity index (χ2n) is 4.84. The molecule has 6 nitrogen and oxygen atoms in total. The summed E-state index contributed by atoms with van der Waals surface area (Å²) in [4.78, 5) is 0.0294. The van der Waals surface area contributed by atoms with Crippen molar-refractivity contribution in [1.29, 1.82) is 0 Å².